The number of nitrogens with zero attached hydrogens (tertiary/aromatic N) is 4. The molecule has 0 saturated carbocycles. The Morgan fingerprint density at radius 3 is 3.00 bits per heavy atom. The summed E-state index contributed by atoms with van der Waals surface area (Å²) >= 11 is 0. The Morgan fingerprint density at radius 1 is 1.32 bits per heavy atom. The fourth-order valence-corrected chi connectivity index (χ4v) is 2.41. The Kier molecular flexibility index (Phi) is 4.04. The molecule has 0 saturated heterocycles. The van der Waals surface area contributed by atoms with E-state index in [0.717, 1.165) is 31.6 Å². The molecule has 0 fully saturated rings. The van der Waals surface area contributed by atoms with Gasteiger partial charge < -0.3 is 4.74 Å². The van der Waals surface area contributed by atoms with Gasteiger partial charge in [-0.15, -0.1) is 10.2 Å². The third-order valence-corrected chi connectivity index (χ3v) is 3.40. The molecule has 116 valence electrons. The molecule has 1 N–H and O–H groups in total. The zero-order valence-corrected chi connectivity index (χ0v) is 12.7. The van der Waals surface area contributed by atoms with Crippen LogP contribution in [0.1, 0.15) is 43.0 Å². The maximum Gasteiger partial charge on any atom is 0.276 e. The molecule has 1 aliphatic heterocycles. The van der Waals surface area contributed by atoms with Gasteiger partial charge in [0.05, 0.1) is 6.10 Å². The molecule has 2 aromatic heterocycles. The molecule has 0 radical (unpaired) electrons. The molecule has 0 aromatic carbocycles. The van der Waals surface area contributed by atoms with Crippen molar-refractivity contribution in [2.24, 2.45) is 0 Å². The van der Waals surface area contributed by atoms with Crippen LogP contribution in [0.3, 0.4) is 0 Å². The third kappa shape index (κ3) is 3.08. The first-order valence-electron chi connectivity index (χ1n) is 7.50. The normalized spacial score (nSPS) is 13.8. The number of aryl methyl sites for hydroxylation is 1. The highest BCUT2D eigenvalue weighted by Gasteiger charge is 2.18. The van der Waals surface area contributed by atoms with Crippen molar-refractivity contribution in [3.63, 3.8) is 0 Å². The highest BCUT2D eigenvalue weighted by atomic mass is 16.5. The number of hydrogen-bond acceptors (Lipinski definition) is 5. The predicted octanol–water partition coefficient (Wildman–Crippen LogP) is 2.05. The van der Waals surface area contributed by atoms with Crippen molar-refractivity contribution >= 4 is 11.9 Å². The van der Waals surface area contributed by atoms with Gasteiger partial charge in [0.15, 0.2) is 0 Å². The number of ether oxygens (including phenoxy) is 1. The van der Waals surface area contributed by atoms with Crippen LogP contribution in [0.15, 0.2) is 18.2 Å². The first-order chi connectivity index (χ1) is 10.6. The minimum Gasteiger partial charge on any atom is -0.475 e. The van der Waals surface area contributed by atoms with Crippen LogP contribution in [0.25, 0.3) is 0 Å². The fraction of sp³-hybridized carbons (Fsp3) is 0.467. The second-order valence-electron chi connectivity index (χ2n) is 5.53. The Bertz CT molecular complexity index is 680. The van der Waals surface area contributed by atoms with Crippen LogP contribution in [0.5, 0.6) is 5.88 Å². The van der Waals surface area contributed by atoms with Crippen LogP contribution in [0, 0.1) is 0 Å². The summed E-state index contributed by atoms with van der Waals surface area (Å²) in [6.45, 7) is 4.66. The molecule has 2 aromatic rings. The third-order valence-electron chi connectivity index (χ3n) is 3.40. The molecule has 3 heterocycles. The lowest BCUT2D eigenvalue weighted by Crippen LogP contribution is -2.20. The first kappa shape index (κ1) is 14.5. The number of hydrogen-bond donors (Lipinski definition) is 1. The van der Waals surface area contributed by atoms with E-state index in [1.807, 2.05) is 18.4 Å². The number of aromatic nitrogens is 4. The van der Waals surface area contributed by atoms with E-state index in [1.165, 1.54) is 0 Å². The zero-order chi connectivity index (χ0) is 15.5. The molecule has 0 bridgehead atoms. The summed E-state index contributed by atoms with van der Waals surface area (Å²) < 4.78 is 7.46. The molecular formula is C15H19N5O2. The van der Waals surface area contributed by atoms with Crippen LogP contribution in [-0.4, -0.2) is 31.8 Å². The molecule has 0 atom stereocenters. The molecule has 0 unspecified atom stereocenters. The number of carbonyl (C=O) groups excluding carboxylic acids is 1. The summed E-state index contributed by atoms with van der Waals surface area (Å²) in [4.78, 5) is 16.5. The van der Waals surface area contributed by atoms with Gasteiger partial charge in [-0.1, -0.05) is 6.07 Å². The Hall–Kier alpha value is -2.44. The van der Waals surface area contributed by atoms with Gasteiger partial charge in [-0.3, -0.25) is 14.7 Å². The number of rotatable bonds is 4. The summed E-state index contributed by atoms with van der Waals surface area (Å²) in [5, 5.41) is 10.9. The highest BCUT2D eigenvalue weighted by molar-refractivity contribution is 6.01. The number of amides is 1. The number of carbonyl (C=O) groups is 1. The van der Waals surface area contributed by atoms with Gasteiger partial charge in [0, 0.05) is 19.0 Å². The van der Waals surface area contributed by atoms with Crippen molar-refractivity contribution in [1.29, 1.82) is 0 Å². The van der Waals surface area contributed by atoms with Gasteiger partial charge >= 0.3 is 0 Å². The van der Waals surface area contributed by atoms with E-state index < -0.39 is 0 Å². The lowest BCUT2D eigenvalue weighted by molar-refractivity contribution is 0.101. The van der Waals surface area contributed by atoms with Gasteiger partial charge in [-0.05, 0) is 32.8 Å². The molecule has 1 aliphatic rings. The van der Waals surface area contributed by atoms with Crippen molar-refractivity contribution in [2.75, 3.05) is 5.32 Å². The monoisotopic (exact) mass is 301 g/mol. The lowest BCUT2D eigenvalue weighted by atomic mass is 10.2. The summed E-state index contributed by atoms with van der Waals surface area (Å²) in [7, 11) is 0. The average Bonchev–Trinajstić information content (AvgIpc) is 2.90. The van der Waals surface area contributed by atoms with Crippen LogP contribution in [-0.2, 0) is 13.0 Å². The van der Waals surface area contributed by atoms with Crippen LogP contribution >= 0.6 is 0 Å². The van der Waals surface area contributed by atoms with E-state index in [-0.39, 0.29) is 12.0 Å². The number of nitrogens with one attached hydrogen (secondary N) is 1. The molecular weight excluding hydrogens is 282 g/mol. The van der Waals surface area contributed by atoms with Crippen LogP contribution in [0.4, 0.5) is 5.95 Å². The molecule has 7 heteroatoms. The minimum absolute atomic E-state index is 0.00864. The number of pyridine rings is 1. The Balaban J connectivity index is 1.76. The summed E-state index contributed by atoms with van der Waals surface area (Å²) in [6, 6.07) is 5.13. The molecule has 7 nitrogen and oxygen atoms in total. The SMILES string of the molecule is CC(C)Oc1cccc(C(=O)Nc2nnc3n2CCCC3)n1. The van der Waals surface area contributed by atoms with E-state index in [9.17, 15) is 4.79 Å². The maximum atomic E-state index is 12.3. The Labute approximate surface area is 128 Å². The van der Waals surface area contributed by atoms with Crippen molar-refractivity contribution in [3.05, 3.63) is 29.7 Å². The average molecular weight is 301 g/mol. The molecule has 22 heavy (non-hydrogen) atoms. The van der Waals surface area contributed by atoms with E-state index in [1.54, 1.807) is 18.2 Å². The molecule has 1 amide bonds. The van der Waals surface area contributed by atoms with Crippen molar-refractivity contribution < 1.29 is 9.53 Å². The highest BCUT2D eigenvalue weighted by Crippen LogP contribution is 2.18. The van der Waals surface area contributed by atoms with E-state index in [4.69, 9.17) is 4.74 Å². The van der Waals surface area contributed by atoms with E-state index >= 15 is 0 Å². The lowest BCUT2D eigenvalue weighted by Gasteiger charge is -2.14. The van der Waals surface area contributed by atoms with E-state index in [2.05, 4.69) is 20.5 Å². The van der Waals surface area contributed by atoms with Crippen molar-refractivity contribution in [3.8, 4) is 5.88 Å². The first-order valence-corrected chi connectivity index (χ1v) is 7.50. The second-order valence-corrected chi connectivity index (χ2v) is 5.53. The maximum absolute atomic E-state index is 12.3. The second kappa shape index (κ2) is 6.13. The van der Waals surface area contributed by atoms with Gasteiger partial charge in [-0.2, -0.15) is 0 Å². The van der Waals surface area contributed by atoms with Crippen molar-refractivity contribution in [2.45, 2.75) is 45.8 Å². The van der Waals surface area contributed by atoms with Gasteiger partial charge in [0.1, 0.15) is 11.5 Å². The Morgan fingerprint density at radius 2 is 2.18 bits per heavy atom. The molecule has 0 aliphatic carbocycles. The van der Waals surface area contributed by atoms with Crippen molar-refractivity contribution in [1.82, 2.24) is 19.7 Å². The smallest absolute Gasteiger partial charge is 0.276 e. The quantitative estimate of drug-likeness (QED) is 0.934. The van der Waals surface area contributed by atoms with Crippen LogP contribution in [0.2, 0.25) is 0 Å². The summed E-state index contributed by atoms with van der Waals surface area (Å²) in [5.74, 6) is 1.53. The van der Waals surface area contributed by atoms with Gasteiger partial charge in [-0.25, -0.2) is 4.98 Å². The number of anilines is 1. The topological polar surface area (TPSA) is 81.9 Å². The standard InChI is InChI=1S/C15H19N5O2/c1-10(2)22-13-8-5-6-11(16-13)14(21)17-15-19-18-12-7-3-4-9-20(12)15/h5-6,8,10H,3-4,7,9H2,1-2H3,(H,17,19,21). The predicted molar refractivity (Wildman–Crippen MR) is 80.9 cm³/mol. The van der Waals surface area contributed by atoms with Crippen LogP contribution < -0.4 is 10.1 Å². The largest absolute Gasteiger partial charge is 0.475 e. The zero-order valence-electron chi connectivity index (χ0n) is 12.7. The summed E-state index contributed by atoms with van der Waals surface area (Å²) in [6.07, 6.45) is 3.10. The molecule has 3 rings (SSSR count). The van der Waals surface area contributed by atoms with E-state index in [0.29, 0.717) is 17.5 Å². The van der Waals surface area contributed by atoms with Gasteiger partial charge in [0.2, 0.25) is 11.8 Å². The number of fused-ring (bicyclic) bond motifs is 1. The molecule has 0 spiro atoms. The summed E-state index contributed by atoms with van der Waals surface area (Å²) in [5.41, 5.74) is 0.298. The minimum atomic E-state index is -0.310. The fourth-order valence-electron chi connectivity index (χ4n) is 2.41. The van der Waals surface area contributed by atoms with Gasteiger partial charge in [0.25, 0.3) is 5.91 Å².